The molecule has 1 aliphatic carbocycles. The molecule has 2 atom stereocenters. The summed E-state index contributed by atoms with van der Waals surface area (Å²) in [5.74, 6) is 1.33. The first-order valence-corrected chi connectivity index (χ1v) is 6.39. The summed E-state index contributed by atoms with van der Waals surface area (Å²) < 4.78 is 0. The van der Waals surface area contributed by atoms with Crippen molar-refractivity contribution in [3.63, 3.8) is 0 Å². The number of rotatable bonds is 4. The molecule has 0 radical (unpaired) electrons. The van der Waals surface area contributed by atoms with Gasteiger partial charge < -0.3 is 10.6 Å². The van der Waals surface area contributed by atoms with E-state index >= 15 is 0 Å². The third kappa shape index (κ3) is 2.08. The normalized spacial score (nSPS) is 23.8. The smallest absolute Gasteiger partial charge is 0.129 e. The Bertz CT molecular complexity index is 598. The third-order valence-corrected chi connectivity index (χ3v) is 3.64. The van der Waals surface area contributed by atoms with Crippen LogP contribution in [0.15, 0.2) is 54.3 Å². The molecule has 0 spiro atoms. The molecule has 2 unspecified atom stereocenters. The van der Waals surface area contributed by atoms with Crippen molar-refractivity contribution in [2.24, 2.45) is 4.99 Å². The number of benzene rings is 1. The number of hydrogen-bond acceptors (Lipinski definition) is 3. The second kappa shape index (κ2) is 4.43. The van der Waals surface area contributed by atoms with Gasteiger partial charge in [0, 0.05) is 28.9 Å². The molecule has 3 rings (SSSR count). The number of fused-ring (bicyclic) bond motifs is 3. The van der Waals surface area contributed by atoms with Gasteiger partial charge in [0.2, 0.25) is 0 Å². The van der Waals surface area contributed by atoms with Crippen LogP contribution in [0.5, 0.6) is 0 Å². The van der Waals surface area contributed by atoms with Crippen LogP contribution in [0, 0.1) is 0 Å². The molecule has 1 aromatic carbocycles. The summed E-state index contributed by atoms with van der Waals surface area (Å²) in [5, 5.41) is 6.68. The second-order valence-corrected chi connectivity index (χ2v) is 4.94. The Morgan fingerprint density at radius 3 is 3.05 bits per heavy atom. The first kappa shape index (κ1) is 11.8. The second-order valence-electron chi connectivity index (χ2n) is 4.94. The molecule has 0 aromatic heterocycles. The SMILES string of the molecule is C=C/C=C(\N=C)Nc1ccc2c(c1)C1CC1NC2=C. The van der Waals surface area contributed by atoms with Gasteiger partial charge in [-0.1, -0.05) is 25.3 Å². The molecular formula is C16H17N3. The molecule has 2 N–H and O–H groups in total. The highest BCUT2D eigenvalue weighted by Gasteiger charge is 2.43. The molecular weight excluding hydrogens is 234 g/mol. The van der Waals surface area contributed by atoms with Crippen molar-refractivity contribution in [2.75, 3.05) is 5.32 Å². The van der Waals surface area contributed by atoms with E-state index in [0.717, 1.165) is 11.4 Å². The van der Waals surface area contributed by atoms with Crippen LogP contribution in [-0.4, -0.2) is 12.8 Å². The maximum absolute atomic E-state index is 4.08. The lowest BCUT2D eigenvalue weighted by Gasteiger charge is -2.20. The number of nitrogens with one attached hydrogen (secondary N) is 2. The number of allylic oxidation sites excluding steroid dienone is 2. The number of nitrogens with zero attached hydrogens (tertiary/aromatic N) is 1. The van der Waals surface area contributed by atoms with E-state index in [4.69, 9.17) is 0 Å². The lowest BCUT2D eigenvalue weighted by molar-refractivity contribution is 0.821. The molecule has 1 fully saturated rings. The van der Waals surface area contributed by atoms with Crippen LogP contribution in [-0.2, 0) is 0 Å². The predicted octanol–water partition coefficient (Wildman–Crippen LogP) is 3.26. The molecule has 0 saturated heterocycles. The average molecular weight is 251 g/mol. The number of anilines is 1. The van der Waals surface area contributed by atoms with Crippen LogP contribution in [0.4, 0.5) is 5.69 Å². The zero-order chi connectivity index (χ0) is 13.4. The predicted molar refractivity (Wildman–Crippen MR) is 81.2 cm³/mol. The first-order chi connectivity index (χ1) is 9.22. The van der Waals surface area contributed by atoms with Crippen LogP contribution in [0.1, 0.15) is 23.5 Å². The fourth-order valence-electron chi connectivity index (χ4n) is 2.62. The molecule has 0 bridgehead atoms. The van der Waals surface area contributed by atoms with E-state index in [1.165, 1.54) is 17.5 Å². The topological polar surface area (TPSA) is 36.4 Å². The maximum atomic E-state index is 4.08. The highest BCUT2D eigenvalue weighted by atomic mass is 15.0. The van der Waals surface area contributed by atoms with Gasteiger partial charge in [0.1, 0.15) is 5.82 Å². The van der Waals surface area contributed by atoms with Crippen LogP contribution in [0.2, 0.25) is 0 Å². The summed E-state index contributed by atoms with van der Waals surface area (Å²) in [6.45, 7) is 11.3. The average Bonchev–Trinajstić information content (AvgIpc) is 3.17. The van der Waals surface area contributed by atoms with Gasteiger partial charge in [-0.25, -0.2) is 4.99 Å². The summed E-state index contributed by atoms with van der Waals surface area (Å²) in [6, 6.07) is 6.91. The molecule has 3 heteroatoms. The molecule has 1 saturated carbocycles. The minimum atomic E-state index is 0.580. The molecule has 1 aliphatic heterocycles. The van der Waals surface area contributed by atoms with Gasteiger partial charge in [-0.3, -0.25) is 0 Å². The molecule has 96 valence electrons. The van der Waals surface area contributed by atoms with Gasteiger partial charge in [0.15, 0.2) is 0 Å². The van der Waals surface area contributed by atoms with Crippen LogP contribution >= 0.6 is 0 Å². The summed E-state index contributed by atoms with van der Waals surface area (Å²) >= 11 is 0. The summed E-state index contributed by atoms with van der Waals surface area (Å²) in [7, 11) is 0. The maximum Gasteiger partial charge on any atom is 0.129 e. The van der Waals surface area contributed by atoms with Gasteiger partial charge in [-0.05, 0) is 36.9 Å². The van der Waals surface area contributed by atoms with Crippen molar-refractivity contribution in [1.82, 2.24) is 5.32 Å². The number of hydrogen-bond donors (Lipinski definition) is 2. The van der Waals surface area contributed by atoms with E-state index in [1.54, 1.807) is 12.2 Å². The quantitative estimate of drug-likeness (QED) is 0.636. The van der Waals surface area contributed by atoms with Crippen molar-refractivity contribution >= 4 is 18.1 Å². The van der Waals surface area contributed by atoms with Crippen molar-refractivity contribution in [2.45, 2.75) is 18.4 Å². The largest absolute Gasteiger partial charge is 0.382 e. The molecule has 2 aliphatic rings. The van der Waals surface area contributed by atoms with E-state index in [0.29, 0.717) is 17.8 Å². The van der Waals surface area contributed by atoms with Gasteiger partial charge in [0.25, 0.3) is 0 Å². The fraction of sp³-hybridized carbons (Fsp3) is 0.188. The van der Waals surface area contributed by atoms with E-state index < -0.39 is 0 Å². The Kier molecular flexibility index (Phi) is 2.75. The highest BCUT2D eigenvalue weighted by molar-refractivity contribution is 5.73. The van der Waals surface area contributed by atoms with Gasteiger partial charge in [-0.2, -0.15) is 0 Å². The van der Waals surface area contributed by atoms with Gasteiger partial charge >= 0.3 is 0 Å². The van der Waals surface area contributed by atoms with E-state index in [9.17, 15) is 0 Å². The standard InChI is InChI=1S/C16H17N3/c1-4-5-16(17-3)19-11-6-7-12-10(2)18-15-9-14(15)13(12)8-11/h4-8,14-15,18-19H,1-3,9H2/b16-5+. The van der Waals surface area contributed by atoms with Crippen molar-refractivity contribution in [1.29, 1.82) is 0 Å². The van der Waals surface area contributed by atoms with E-state index in [2.05, 4.69) is 47.6 Å². The Balaban J connectivity index is 1.91. The van der Waals surface area contributed by atoms with Crippen LogP contribution in [0.3, 0.4) is 0 Å². The van der Waals surface area contributed by atoms with Crippen LogP contribution in [0.25, 0.3) is 5.70 Å². The van der Waals surface area contributed by atoms with Gasteiger partial charge in [0.05, 0.1) is 0 Å². The summed E-state index contributed by atoms with van der Waals surface area (Å²) in [5.41, 5.74) is 4.66. The lowest BCUT2D eigenvalue weighted by atomic mass is 9.97. The zero-order valence-electron chi connectivity index (χ0n) is 10.8. The lowest BCUT2D eigenvalue weighted by Crippen LogP contribution is -2.21. The highest BCUT2D eigenvalue weighted by Crippen LogP contribution is 2.48. The van der Waals surface area contributed by atoms with E-state index in [-0.39, 0.29) is 0 Å². The van der Waals surface area contributed by atoms with E-state index in [1.807, 2.05) is 6.07 Å². The Morgan fingerprint density at radius 2 is 2.32 bits per heavy atom. The van der Waals surface area contributed by atoms with Crippen LogP contribution < -0.4 is 10.6 Å². The molecule has 1 aromatic rings. The number of aliphatic imine (C=N–C) groups is 1. The Morgan fingerprint density at radius 1 is 1.47 bits per heavy atom. The minimum Gasteiger partial charge on any atom is -0.382 e. The third-order valence-electron chi connectivity index (χ3n) is 3.64. The van der Waals surface area contributed by atoms with Crippen molar-refractivity contribution in [3.8, 4) is 0 Å². The summed E-state index contributed by atoms with van der Waals surface area (Å²) in [6.07, 6.45) is 4.69. The molecule has 0 amide bonds. The molecule has 19 heavy (non-hydrogen) atoms. The van der Waals surface area contributed by atoms with Crippen molar-refractivity contribution < 1.29 is 0 Å². The molecule has 3 nitrogen and oxygen atoms in total. The monoisotopic (exact) mass is 251 g/mol. The Labute approximate surface area is 113 Å². The van der Waals surface area contributed by atoms with Gasteiger partial charge in [-0.15, -0.1) is 0 Å². The fourth-order valence-corrected chi connectivity index (χ4v) is 2.62. The first-order valence-electron chi connectivity index (χ1n) is 6.39. The summed E-state index contributed by atoms with van der Waals surface area (Å²) in [4.78, 5) is 3.93. The Hall–Kier alpha value is -2.29. The molecule has 1 heterocycles. The minimum absolute atomic E-state index is 0.580. The van der Waals surface area contributed by atoms with Crippen molar-refractivity contribution in [3.05, 3.63) is 60.5 Å². The zero-order valence-corrected chi connectivity index (χ0v) is 10.8.